The molecule has 2 aliphatic rings. The summed E-state index contributed by atoms with van der Waals surface area (Å²) in [6.45, 7) is 2.39. The first-order valence-electron chi connectivity index (χ1n) is 4.91. The van der Waals surface area contributed by atoms with Crippen LogP contribution in [-0.2, 0) is 0 Å². The molecule has 0 saturated heterocycles. The molecule has 1 N–H and O–H groups in total. The van der Waals surface area contributed by atoms with Crippen LogP contribution in [0, 0.1) is 11.8 Å². The summed E-state index contributed by atoms with van der Waals surface area (Å²) in [4.78, 5) is 0. The van der Waals surface area contributed by atoms with Crippen molar-refractivity contribution in [1.29, 1.82) is 0 Å². The lowest BCUT2D eigenvalue weighted by atomic mass is 9.76. The van der Waals surface area contributed by atoms with E-state index in [9.17, 15) is 0 Å². The molecule has 2 rings (SSSR count). The van der Waals surface area contributed by atoms with Gasteiger partial charge in [0.2, 0.25) is 0 Å². The average molecular weight is 153 g/mol. The van der Waals surface area contributed by atoms with E-state index in [0.717, 1.165) is 11.8 Å². The number of fused-ring (bicyclic) bond motifs is 2. The summed E-state index contributed by atoms with van der Waals surface area (Å²) in [7, 11) is 2.12. The summed E-state index contributed by atoms with van der Waals surface area (Å²) in [5.41, 5.74) is 0.476. The van der Waals surface area contributed by atoms with Crippen molar-refractivity contribution in [2.24, 2.45) is 11.8 Å². The van der Waals surface area contributed by atoms with Crippen LogP contribution in [0.15, 0.2) is 0 Å². The van der Waals surface area contributed by atoms with Gasteiger partial charge in [-0.3, -0.25) is 0 Å². The van der Waals surface area contributed by atoms with Crippen molar-refractivity contribution in [2.75, 3.05) is 7.05 Å². The minimum atomic E-state index is 0.476. The van der Waals surface area contributed by atoms with E-state index in [1.54, 1.807) is 0 Å². The molecule has 64 valence electrons. The predicted octanol–water partition coefficient (Wildman–Crippen LogP) is 2.17. The van der Waals surface area contributed by atoms with Gasteiger partial charge in [0.15, 0.2) is 0 Å². The number of hydrogen-bond donors (Lipinski definition) is 1. The highest BCUT2D eigenvalue weighted by atomic mass is 14.9. The zero-order valence-corrected chi connectivity index (χ0v) is 7.69. The van der Waals surface area contributed by atoms with E-state index in [1.807, 2.05) is 0 Å². The van der Waals surface area contributed by atoms with E-state index in [-0.39, 0.29) is 0 Å². The fourth-order valence-electron chi connectivity index (χ4n) is 3.11. The van der Waals surface area contributed by atoms with Crippen LogP contribution in [0.3, 0.4) is 0 Å². The Balaban J connectivity index is 2.07. The summed E-state index contributed by atoms with van der Waals surface area (Å²) >= 11 is 0. The standard InChI is InChI=1S/C10H19N/c1-10(11-2)6-8-3-4-9(5-8)7-10/h8-9,11H,3-7H2,1-2H3. The molecule has 2 saturated carbocycles. The smallest absolute Gasteiger partial charge is 0.0155 e. The fourth-order valence-corrected chi connectivity index (χ4v) is 3.11. The van der Waals surface area contributed by atoms with Gasteiger partial charge in [-0.2, -0.15) is 0 Å². The van der Waals surface area contributed by atoms with E-state index in [2.05, 4.69) is 19.3 Å². The van der Waals surface area contributed by atoms with E-state index in [4.69, 9.17) is 0 Å². The summed E-state index contributed by atoms with van der Waals surface area (Å²) in [6.07, 6.45) is 7.36. The van der Waals surface area contributed by atoms with Crippen LogP contribution in [0.1, 0.15) is 39.0 Å². The molecule has 2 aliphatic carbocycles. The van der Waals surface area contributed by atoms with Gasteiger partial charge in [-0.05, 0) is 45.1 Å². The van der Waals surface area contributed by atoms with Crippen molar-refractivity contribution in [1.82, 2.24) is 5.32 Å². The Morgan fingerprint density at radius 3 is 2.18 bits per heavy atom. The van der Waals surface area contributed by atoms with Gasteiger partial charge in [-0.15, -0.1) is 0 Å². The number of hydrogen-bond acceptors (Lipinski definition) is 1. The summed E-state index contributed by atoms with van der Waals surface area (Å²) in [6, 6.07) is 0. The second-order valence-electron chi connectivity index (χ2n) is 4.76. The van der Waals surface area contributed by atoms with Crippen LogP contribution in [0.5, 0.6) is 0 Å². The molecule has 0 radical (unpaired) electrons. The van der Waals surface area contributed by atoms with Crippen LogP contribution in [0.2, 0.25) is 0 Å². The number of nitrogens with one attached hydrogen (secondary N) is 1. The van der Waals surface area contributed by atoms with Crippen LogP contribution in [-0.4, -0.2) is 12.6 Å². The van der Waals surface area contributed by atoms with Crippen molar-refractivity contribution in [3.8, 4) is 0 Å². The molecule has 0 aromatic carbocycles. The number of rotatable bonds is 1. The van der Waals surface area contributed by atoms with Crippen molar-refractivity contribution in [3.05, 3.63) is 0 Å². The van der Waals surface area contributed by atoms with Gasteiger partial charge in [-0.25, -0.2) is 0 Å². The van der Waals surface area contributed by atoms with Gasteiger partial charge >= 0.3 is 0 Å². The summed E-state index contributed by atoms with van der Waals surface area (Å²) in [5, 5.41) is 3.48. The SMILES string of the molecule is CNC1(C)CC2CCC(C2)C1. The quantitative estimate of drug-likeness (QED) is 0.609. The first-order valence-corrected chi connectivity index (χ1v) is 4.91. The molecule has 1 nitrogen and oxygen atoms in total. The second-order valence-corrected chi connectivity index (χ2v) is 4.76. The fraction of sp³-hybridized carbons (Fsp3) is 1.00. The zero-order chi connectivity index (χ0) is 7.90. The lowest BCUT2D eigenvalue weighted by molar-refractivity contribution is 0.200. The first kappa shape index (κ1) is 7.60. The molecule has 0 aromatic heterocycles. The third-order valence-electron chi connectivity index (χ3n) is 3.73. The maximum absolute atomic E-state index is 3.48. The molecule has 2 atom stereocenters. The molecule has 11 heavy (non-hydrogen) atoms. The van der Waals surface area contributed by atoms with E-state index in [1.165, 1.54) is 32.1 Å². The van der Waals surface area contributed by atoms with Gasteiger partial charge < -0.3 is 5.32 Å². The van der Waals surface area contributed by atoms with Crippen molar-refractivity contribution in [2.45, 2.75) is 44.6 Å². The van der Waals surface area contributed by atoms with Crippen molar-refractivity contribution in [3.63, 3.8) is 0 Å². The lowest BCUT2D eigenvalue weighted by Crippen LogP contribution is -2.44. The van der Waals surface area contributed by atoms with Crippen LogP contribution in [0.25, 0.3) is 0 Å². The molecule has 0 amide bonds. The average Bonchev–Trinajstić information content (AvgIpc) is 2.31. The largest absolute Gasteiger partial charge is 0.315 e. The predicted molar refractivity (Wildman–Crippen MR) is 47.5 cm³/mol. The molecule has 2 fully saturated rings. The van der Waals surface area contributed by atoms with Gasteiger partial charge in [0, 0.05) is 5.54 Å². The maximum atomic E-state index is 3.48. The summed E-state index contributed by atoms with van der Waals surface area (Å²) in [5.74, 6) is 2.09. The molecule has 0 spiro atoms. The Kier molecular flexibility index (Phi) is 1.71. The van der Waals surface area contributed by atoms with Gasteiger partial charge in [0.25, 0.3) is 0 Å². The lowest BCUT2D eigenvalue weighted by Gasteiger charge is -2.37. The normalized spacial score (nSPS) is 49.6. The van der Waals surface area contributed by atoms with Crippen LogP contribution < -0.4 is 5.32 Å². The molecule has 0 aromatic rings. The Morgan fingerprint density at radius 2 is 1.73 bits per heavy atom. The monoisotopic (exact) mass is 153 g/mol. The molecular formula is C10H19N. The van der Waals surface area contributed by atoms with Crippen molar-refractivity contribution < 1.29 is 0 Å². The third-order valence-corrected chi connectivity index (χ3v) is 3.73. The van der Waals surface area contributed by atoms with Crippen LogP contribution >= 0.6 is 0 Å². The maximum Gasteiger partial charge on any atom is 0.0155 e. The molecule has 0 aliphatic heterocycles. The molecular weight excluding hydrogens is 134 g/mol. The Labute approximate surface area is 69.6 Å². The first-order chi connectivity index (χ1) is 5.22. The Hall–Kier alpha value is -0.0400. The van der Waals surface area contributed by atoms with Crippen molar-refractivity contribution >= 4 is 0 Å². The molecule has 2 bridgehead atoms. The van der Waals surface area contributed by atoms with E-state index < -0.39 is 0 Å². The topological polar surface area (TPSA) is 12.0 Å². The van der Waals surface area contributed by atoms with Gasteiger partial charge in [0.1, 0.15) is 0 Å². The highest BCUT2D eigenvalue weighted by Gasteiger charge is 2.39. The highest BCUT2D eigenvalue weighted by molar-refractivity contribution is 4.96. The third kappa shape index (κ3) is 1.31. The highest BCUT2D eigenvalue weighted by Crippen LogP contribution is 2.45. The zero-order valence-electron chi connectivity index (χ0n) is 7.69. The van der Waals surface area contributed by atoms with Gasteiger partial charge in [-0.1, -0.05) is 12.8 Å². The second kappa shape index (κ2) is 2.48. The molecule has 0 heterocycles. The minimum Gasteiger partial charge on any atom is -0.315 e. The Bertz CT molecular complexity index is 141. The summed E-state index contributed by atoms with van der Waals surface area (Å²) < 4.78 is 0. The Morgan fingerprint density at radius 1 is 1.18 bits per heavy atom. The van der Waals surface area contributed by atoms with Crippen LogP contribution in [0.4, 0.5) is 0 Å². The molecule has 1 heteroatoms. The minimum absolute atomic E-state index is 0.476. The van der Waals surface area contributed by atoms with Gasteiger partial charge in [0.05, 0.1) is 0 Å². The molecule has 2 unspecified atom stereocenters. The van der Waals surface area contributed by atoms with E-state index in [0.29, 0.717) is 5.54 Å². The van der Waals surface area contributed by atoms with E-state index >= 15 is 0 Å².